The lowest BCUT2D eigenvalue weighted by Gasteiger charge is -2.09. The minimum atomic E-state index is -4.29. The minimum Gasteiger partial charge on any atom is -0.396 e. The first-order chi connectivity index (χ1) is 8.39. The summed E-state index contributed by atoms with van der Waals surface area (Å²) < 4.78 is 41.8. The van der Waals surface area contributed by atoms with E-state index >= 15 is 0 Å². The molecule has 0 fully saturated rings. The number of nitrogen functional groups attached to an aromatic ring is 1. The molecule has 0 aliphatic carbocycles. The fraction of sp³-hybridized carbons (Fsp3) is 0.727. The summed E-state index contributed by atoms with van der Waals surface area (Å²) in [5, 5.41) is 4.26. The van der Waals surface area contributed by atoms with Crippen molar-refractivity contribution in [2.75, 3.05) is 18.9 Å². The summed E-state index contributed by atoms with van der Waals surface area (Å²) in [6, 6.07) is 0. The molecule has 1 heterocycles. The molecule has 18 heavy (non-hydrogen) atoms. The molecule has 0 spiro atoms. The average Bonchev–Trinajstić information content (AvgIpc) is 2.59. The fourth-order valence-electron chi connectivity index (χ4n) is 1.72. The first kappa shape index (κ1) is 14.8. The van der Waals surface area contributed by atoms with Crippen LogP contribution in [0.4, 0.5) is 18.9 Å². The van der Waals surface area contributed by atoms with Gasteiger partial charge in [-0.1, -0.05) is 13.8 Å². The molecular weight excluding hydrogens is 247 g/mol. The van der Waals surface area contributed by atoms with Crippen LogP contribution in [0.3, 0.4) is 0 Å². The van der Waals surface area contributed by atoms with Crippen LogP contribution in [-0.2, 0) is 24.1 Å². The van der Waals surface area contributed by atoms with E-state index in [2.05, 4.69) is 9.84 Å². The monoisotopic (exact) mass is 265 g/mol. The predicted molar refractivity (Wildman–Crippen MR) is 62.3 cm³/mol. The predicted octanol–water partition coefficient (Wildman–Crippen LogP) is 2.17. The Hall–Kier alpha value is -1.24. The van der Waals surface area contributed by atoms with Crippen LogP contribution >= 0.6 is 0 Å². The molecule has 0 aliphatic rings. The summed E-state index contributed by atoms with van der Waals surface area (Å²) in [4.78, 5) is 0. The maximum atomic E-state index is 11.9. The highest BCUT2D eigenvalue weighted by atomic mass is 19.4. The molecule has 0 saturated heterocycles. The summed E-state index contributed by atoms with van der Waals surface area (Å²) in [5.41, 5.74) is 8.16. The number of aryl methyl sites for hydroxylation is 1. The third-order valence-corrected chi connectivity index (χ3v) is 2.56. The van der Waals surface area contributed by atoms with Crippen molar-refractivity contribution in [3.05, 3.63) is 11.4 Å². The molecule has 0 radical (unpaired) electrons. The molecule has 1 aromatic heterocycles. The van der Waals surface area contributed by atoms with E-state index in [1.54, 1.807) is 4.68 Å². The maximum Gasteiger partial charge on any atom is 0.411 e. The topological polar surface area (TPSA) is 53.1 Å². The summed E-state index contributed by atoms with van der Waals surface area (Å²) in [7, 11) is 0. The van der Waals surface area contributed by atoms with E-state index in [1.807, 2.05) is 13.8 Å². The average molecular weight is 265 g/mol. The van der Waals surface area contributed by atoms with Gasteiger partial charge in [-0.15, -0.1) is 0 Å². The van der Waals surface area contributed by atoms with Crippen molar-refractivity contribution in [3.63, 3.8) is 0 Å². The van der Waals surface area contributed by atoms with E-state index < -0.39 is 12.8 Å². The lowest BCUT2D eigenvalue weighted by atomic mass is 10.2. The number of rotatable bonds is 6. The number of anilines is 1. The zero-order valence-electron chi connectivity index (χ0n) is 10.5. The Morgan fingerprint density at radius 2 is 1.94 bits per heavy atom. The Bertz CT molecular complexity index is 388. The van der Waals surface area contributed by atoms with Crippen molar-refractivity contribution in [1.29, 1.82) is 0 Å². The standard InChI is InChI=1S/C11H18F3N3O/c1-3-8-10(15)9(4-2)17(16-8)5-6-18-7-11(12,13)14/h3-7,15H2,1-2H3. The zero-order valence-corrected chi connectivity index (χ0v) is 10.5. The quantitative estimate of drug-likeness (QED) is 0.802. The SMILES string of the molecule is CCc1nn(CCOCC(F)(F)F)c(CC)c1N. The van der Waals surface area contributed by atoms with Crippen LogP contribution in [0.5, 0.6) is 0 Å². The van der Waals surface area contributed by atoms with Crippen LogP contribution in [0, 0.1) is 0 Å². The van der Waals surface area contributed by atoms with Crippen LogP contribution in [-0.4, -0.2) is 29.2 Å². The molecule has 7 heteroatoms. The number of alkyl halides is 3. The molecular formula is C11H18F3N3O. The minimum absolute atomic E-state index is 0.0310. The summed E-state index contributed by atoms with van der Waals surface area (Å²) in [6.07, 6.45) is -2.89. The van der Waals surface area contributed by atoms with E-state index in [4.69, 9.17) is 5.73 Å². The smallest absolute Gasteiger partial charge is 0.396 e. The van der Waals surface area contributed by atoms with Crippen molar-refractivity contribution in [3.8, 4) is 0 Å². The molecule has 4 nitrogen and oxygen atoms in total. The Kier molecular flexibility index (Phi) is 5.01. The number of ether oxygens (including phenoxy) is 1. The van der Waals surface area contributed by atoms with E-state index in [0.717, 1.165) is 11.4 Å². The van der Waals surface area contributed by atoms with Gasteiger partial charge in [-0.25, -0.2) is 0 Å². The number of aromatic nitrogens is 2. The van der Waals surface area contributed by atoms with Crippen molar-refractivity contribution in [2.24, 2.45) is 0 Å². The first-order valence-corrected chi connectivity index (χ1v) is 5.87. The molecule has 1 aromatic rings. The van der Waals surface area contributed by atoms with Gasteiger partial charge in [0.25, 0.3) is 0 Å². The lowest BCUT2D eigenvalue weighted by Crippen LogP contribution is -2.19. The van der Waals surface area contributed by atoms with Crippen LogP contribution in [0.2, 0.25) is 0 Å². The molecule has 0 saturated carbocycles. The number of halogens is 3. The van der Waals surface area contributed by atoms with E-state index in [1.165, 1.54) is 0 Å². The summed E-state index contributed by atoms with van der Waals surface area (Å²) in [5.74, 6) is 0. The normalized spacial score (nSPS) is 12.1. The van der Waals surface area contributed by atoms with Gasteiger partial charge in [-0.3, -0.25) is 4.68 Å². The van der Waals surface area contributed by atoms with Crippen LogP contribution in [0.15, 0.2) is 0 Å². The molecule has 0 aromatic carbocycles. The Morgan fingerprint density at radius 1 is 1.28 bits per heavy atom. The lowest BCUT2D eigenvalue weighted by molar-refractivity contribution is -0.174. The largest absolute Gasteiger partial charge is 0.411 e. The van der Waals surface area contributed by atoms with E-state index in [-0.39, 0.29) is 13.2 Å². The zero-order chi connectivity index (χ0) is 13.8. The number of nitrogens with zero attached hydrogens (tertiary/aromatic N) is 2. The van der Waals surface area contributed by atoms with Crippen molar-refractivity contribution < 1.29 is 17.9 Å². The molecule has 0 aliphatic heterocycles. The Labute approximate surface area is 104 Å². The van der Waals surface area contributed by atoms with E-state index in [9.17, 15) is 13.2 Å². The summed E-state index contributed by atoms with van der Waals surface area (Å²) >= 11 is 0. The molecule has 104 valence electrons. The molecule has 2 N–H and O–H groups in total. The highest BCUT2D eigenvalue weighted by Crippen LogP contribution is 2.18. The van der Waals surface area contributed by atoms with Crippen molar-refractivity contribution in [1.82, 2.24) is 9.78 Å². The third-order valence-electron chi connectivity index (χ3n) is 2.56. The van der Waals surface area contributed by atoms with Crippen LogP contribution < -0.4 is 5.73 Å². The maximum absolute atomic E-state index is 11.9. The van der Waals surface area contributed by atoms with Crippen LogP contribution in [0.25, 0.3) is 0 Å². The second kappa shape index (κ2) is 6.08. The van der Waals surface area contributed by atoms with Gasteiger partial charge in [0.2, 0.25) is 0 Å². The van der Waals surface area contributed by atoms with Crippen molar-refractivity contribution >= 4 is 5.69 Å². The van der Waals surface area contributed by atoms with Gasteiger partial charge < -0.3 is 10.5 Å². The second-order valence-electron chi connectivity index (χ2n) is 3.91. The molecule has 0 unspecified atom stereocenters. The Balaban J connectivity index is 2.57. The highest BCUT2D eigenvalue weighted by molar-refractivity contribution is 5.48. The molecule has 0 atom stereocenters. The molecule has 0 amide bonds. The second-order valence-corrected chi connectivity index (χ2v) is 3.91. The number of hydrogen-bond donors (Lipinski definition) is 1. The summed E-state index contributed by atoms with van der Waals surface area (Å²) in [6.45, 7) is 2.88. The van der Waals surface area contributed by atoms with Crippen molar-refractivity contribution in [2.45, 2.75) is 39.4 Å². The number of nitrogens with two attached hydrogens (primary N) is 1. The van der Waals surface area contributed by atoms with Gasteiger partial charge in [0, 0.05) is 0 Å². The van der Waals surface area contributed by atoms with E-state index in [0.29, 0.717) is 18.5 Å². The Morgan fingerprint density at radius 3 is 2.44 bits per heavy atom. The van der Waals surface area contributed by atoms with Crippen LogP contribution in [0.1, 0.15) is 25.2 Å². The number of hydrogen-bond acceptors (Lipinski definition) is 3. The van der Waals surface area contributed by atoms with Gasteiger partial charge in [0.1, 0.15) is 6.61 Å². The first-order valence-electron chi connectivity index (χ1n) is 5.87. The fourth-order valence-corrected chi connectivity index (χ4v) is 1.72. The molecule has 1 rings (SSSR count). The third kappa shape index (κ3) is 3.90. The van der Waals surface area contributed by atoms with Gasteiger partial charge in [-0.05, 0) is 12.8 Å². The van der Waals surface area contributed by atoms with Gasteiger partial charge in [0.15, 0.2) is 0 Å². The van der Waals surface area contributed by atoms with Gasteiger partial charge in [0.05, 0.1) is 30.2 Å². The van der Waals surface area contributed by atoms with Gasteiger partial charge in [-0.2, -0.15) is 18.3 Å². The highest BCUT2D eigenvalue weighted by Gasteiger charge is 2.27. The van der Waals surface area contributed by atoms with Gasteiger partial charge >= 0.3 is 6.18 Å². The molecule has 0 bridgehead atoms.